The van der Waals surface area contributed by atoms with E-state index in [0.29, 0.717) is 5.01 Å². The lowest BCUT2D eigenvalue weighted by Crippen LogP contribution is -2.20. The van der Waals surface area contributed by atoms with Gasteiger partial charge in [0.15, 0.2) is 6.04 Å². The number of nitrogens with zero attached hydrogens (tertiary/aromatic N) is 1. The number of hydrogen-bond acceptors (Lipinski definition) is 4. The quantitative estimate of drug-likeness (QED) is 0.891. The number of thiazole rings is 1. The van der Waals surface area contributed by atoms with Crippen LogP contribution in [0.5, 0.6) is 0 Å². The van der Waals surface area contributed by atoms with Crippen LogP contribution in [0.25, 0.3) is 11.3 Å². The van der Waals surface area contributed by atoms with Gasteiger partial charge in [0.05, 0.1) is 5.69 Å². The number of carboxylic acids is 1. The fourth-order valence-electron chi connectivity index (χ4n) is 1.67. The van der Waals surface area contributed by atoms with Crippen molar-refractivity contribution in [1.29, 1.82) is 0 Å². The molecule has 0 aliphatic carbocycles. The SMILES string of the molecule is Cc1ccc(C)c(-c2csc(C(N)C(=O)O)n2)c1. The number of nitrogens with two attached hydrogens (primary N) is 1. The Bertz CT molecular complexity index is 592. The summed E-state index contributed by atoms with van der Waals surface area (Å²) < 4.78 is 0. The first kappa shape index (κ1) is 12.7. The monoisotopic (exact) mass is 262 g/mol. The minimum absolute atomic E-state index is 0.429. The highest BCUT2D eigenvalue weighted by molar-refractivity contribution is 7.10. The van der Waals surface area contributed by atoms with Gasteiger partial charge in [-0.25, -0.2) is 4.98 Å². The zero-order chi connectivity index (χ0) is 13.3. The van der Waals surface area contributed by atoms with E-state index in [1.807, 2.05) is 37.4 Å². The second-order valence-corrected chi connectivity index (χ2v) is 5.09. The molecular formula is C13H14N2O2S. The molecule has 0 saturated carbocycles. The van der Waals surface area contributed by atoms with Crippen molar-refractivity contribution in [2.75, 3.05) is 0 Å². The summed E-state index contributed by atoms with van der Waals surface area (Å²) in [6.07, 6.45) is 0. The van der Waals surface area contributed by atoms with Crippen LogP contribution in [-0.4, -0.2) is 16.1 Å². The summed E-state index contributed by atoms with van der Waals surface area (Å²) in [7, 11) is 0. The Morgan fingerprint density at radius 2 is 2.17 bits per heavy atom. The molecule has 2 rings (SSSR count). The van der Waals surface area contributed by atoms with Crippen molar-refractivity contribution < 1.29 is 9.90 Å². The molecule has 1 aromatic heterocycles. The number of aromatic nitrogens is 1. The van der Waals surface area contributed by atoms with Crippen LogP contribution in [0.2, 0.25) is 0 Å². The van der Waals surface area contributed by atoms with Gasteiger partial charge in [0.25, 0.3) is 0 Å². The van der Waals surface area contributed by atoms with Gasteiger partial charge in [0.1, 0.15) is 5.01 Å². The van der Waals surface area contributed by atoms with E-state index in [9.17, 15) is 4.79 Å². The topological polar surface area (TPSA) is 76.2 Å². The number of aryl methyl sites for hydroxylation is 2. The Balaban J connectivity index is 2.41. The number of benzene rings is 1. The summed E-state index contributed by atoms with van der Waals surface area (Å²) in [4.78, 5) is 15.1. The van der Waals surface area contributed by atoms with Gasteiger partial charge in [-0.2, -0.15) is 0 Å². The average molecular weight is 262 g/mol. The fraction of sp³-hybridized carbons (Fsp3) is 0.231. The van der Waals surface area contributed by atoms with Gasteiger partial charge in [-0.15, -0.1) is 11.3 Å². The Labute approximate surface area is 109 Å². The highest BCUT2D eigenvalue weighted by Crippen LogP contribution is 2.27. The van der Waals surface area contributed by atoms with Crippen LogP contribution in [-0.2, 0) is 4.79 Å². The molecule has 0 spiro atoms. The Hall–Kier alpha value is -1.72. The highest BCUT2D eigenvalue weighted by atomic mass is 32.1. The van der Waals surface area contributed by atoms with Gasteiger partial charge in [0, 0.05) is 10.9 Å². The molecule has 5 heteroatoms. The molecular weight excluding hydrogens is 248 g/mol. The molecule has 4 nitrogen and oxygen atoms in total. The molecule has 0 saturated heterocycles. The number of carboxylic acid groups (broad SMARTS) is 1. The van der Waals surface area contributed by atoms with Crippen LogP contribution in [0.4, 0.5) is 0 Å². The fourth-order valence-corrected chi connectivity index (χ4v) is 2.48. The molecule has 94 valence electrons. The molecule has 0 aliphatic heterocycles. The smallest absolute Gasteiger partial charge is 0.327 e. The number of aliphatic carboxylic acids is 1. The van der Waals surface area contributed by atoms with Crippen molar-refractivity contribution in [3.8, 4) is 11.3 Å². The maximum atomic E-state index is 10.8. The van der Waals surface area contributed by atoms with E-state index >= 15 is 0 Å². The predicted octanol–water partition coefficient (Wildman–Crippen LogP) is 2.51. The van der Waals surface area contributed by atoms with Crippen molar-refractivity contribution in [3.63, 3.8) is 0 Å². The minimum Gasteiger partial charge on any atom is -0.480 e. The van der Waals surface area contributed by atoms with E-state index in [1.165, 1.54) is 11.3 Å². The number of hydrogen-bond donors (Lipinski definition) is 2. The second-order valence-electron chi connectivity index (χ2n) is 4.21. The van der Waals surface area contributed by atoms with E-state index in [-0.39, 0.29) is 0 Å². The molecule has 1 atom stereocenters. The van der Waals surface area contributed by atoms with Crippen molar-refractivity contribution in [2.24, 2.45) is 5.73 Å². The summed E-state index contributed by atoms with van der Waals surface area (Å²) in [5, 5.41) is 11.1. The van der Waals surface area contributed by atoms with Crippen LogP contribution < -0.4 is 5.73 Å². The zero-order valence-corrected chi connectivity index (χ0v) is 11.0. The molecule has 0 aliphatic rings. The van der Waals surface area contributed by atoms with Crippen molar-refractivity contribution in [1.82, 2.24) is 4.98 Å². The van der Waals surface area contributed by atoms with E-state index in [4.69, 9.17) is 10.8 Å². The van der Waals surface area contributed by atoms with Gasteiger partial charge in [-0.05, 0) is 25.5 Å². The van der Waals surface area contributed by atoms with Crippen LogP contribution in [0.1, 0.15) is 22.2 Å². The molecule has 0 radical (unpaired) electrons. The second kappa shape index (κ2) is 4.88. The first-order valence-electron chi connectivity index (χ1n) is 5.50. The van der Waals surface area contributed by atoms with E-state index in [0.717, 1.165) is 22.4 Å². The van der Waals surface area contributed by atoms with E-state index in [1.54, 1.807) is 0 Å². The number of carbonyl (C=O) groups is 1. The maximum absolute atomic E-state index is 10.8. The zero-order valence-electron chi connectivity index (χ0n) is 10.2. The predicted molar refractivity (Wildman–Crippen MR) is 71.6 cm³/mol. The Morgan fingerprint density at radius 1 is 1.44 bits per heavy atom. The molecule has 3 N–H and O–H groups in total. The molecule has 0 fully saturated rings. The van der Waals surface area contributed by atoms with E-state index < -0.39 is 12.0 Å². The first-order chi connectivity index (χ1) is 8.49. The molecule has 2 aromatic rings. The average Bonchev–Trinajstić information content (AvgIpc) is 2.80. The first-order valence-corrected chi connectivity index (χ1v) is 6.38. The van der Waals surface area contributed by atoms with Gasteiger partial charge in [-0.3, -0.25) is 4.79 Å². The van der Waals surface area contributed by atoms with Crippen LogP contribution in [0.3, 0.4) is 0 Å². The normalized spacial score (nSPS) is 12.4. The van der Waals surface area contributed by atoms with Gasteiger partial charge in [0.2, 0.25) is 0 Å². The summed E-state index contributed by atoms with van der Waals surface area (Å²) in [5.74, 6) is -1.06. The number of rotatable bonds is 3. The highest BCUT2D eigenvalue weighted by Gasteiger charge is 2.18. The summed E-state index contributed by atoms with van der Waals surface area (Å²) in [5.41, 5.74) is 9.61. The van der Waals surface area contributed by atoms with Crippen molar-refractivity contribution in [2.45, 2.75) is 19.9 Å². The van der Waals surface area contributed by atoms with Crippen LogP contribution >= 0.6 is 11.3 Å². The molecule has 1 unspecified atom stereocenters. The van der Waals surface area contributed by atoms with Crippen LogP contribution in [0.15, 0.2) is 23.6 Å². The Kier molecular flexibility index (Phi) is 3.45. The van der Waals surface area contributed by atoms with Gasteiger partial charge >= 0.3 is 5.97 Å². The molecule has 0 bridgehead atoms. The molecule has 1 heterocycles. The molecule has 18 heavy (non-hydrogen) atoms. The lowest BCUT2D eigenvalue weighted by Gasteiger charge is -2.04. The third-order valence-corrected chi connectivity index (χ3v) is 3.65. The lowest BCUT2D eigenvalue weighted by atomic mass is 10.0. The lowest BCUT2D eigenvalue weighted by molar-refractivity contribution is -0.138. The molecule has 0 amide bonds. The summed E-state index contributed by atoms with van der Waals surface area (Å²) in [6.45, 7) is 4.02. The molecule has 1 aromatic carbocycles. The van der Waals surface area contributed by atoms with Crippen molar-refractivity contribution >= 4 is 17.3 Å². The summed E-state index contributed by atoms with van der Waals surface area (Å²) >= 11 is 1.28. The Morgan fingerprint density at radius 3 is 2.83 bits per heavy atom. The van der Waals surface area contributed by atoms with Gasteiger partial charge in [-0.1, -0.05) is 17.7 Å². The van der Waals surface area contributed by atoms with Crippen LogP contribution in [0, 0.1) is 13.8 Å². The summed E-state index contributed by atoms with van der Waals surface area (Å²) in [6, 6.07) is 5.06. The standard InChI is InChI=1S/C13H14N2O2S/c1-7-3-4-8(2)9(5-7)10-6-18-12(15-10)11(14)13(16)17/h3-6,11H,14H2,1-2H3,(H,16,17). The van der Waals surface area contributed by atoms with Gasteiger partial charge < -0.3 is 10.8 Å². The minimum atomic E-state index is -1.06. The largest absolute Gasteiger partial charge is 0.480 e. The maximum Gasteiger partial charge on any atom is 0.327 e. The van der Waals surface area contributed by atoms with E-state index in [2.05, 4.69) is 4.98 Å². The third kappa shape index (κ3) is 2.42. The third-order valence-electron chi connectivity index (χ3n) is 2.72. The van der Waals surface area contributed by atoms with Crippen molar-refractivity contribution in [3.05, 3.63) is 39.7 Å².